The summed E-state index contributed by atoms with van der Waals surface area (Å²) in [5.74, 6) is 0.246. The van der Waals surface area contributed by atoms with Gasteiger partial charge in [-0.15, -0.1) is 0 Å². The number of nitrogens with one attached hydrogen (secondary N) is 2. The number of benzene rings is 3. The van der Waals surface area contributed by atoms with Crippen LogP contribution in [0.5, 0.6) is 0 Å². The number of para-hydroxylation sites is 1. The number of hydrogen-bond acceptors (Lipinski definition) is 6. The number of anilines is 4. The van der Waals surface area contributed by atoms with E-state index >= 15 is 0 Å². The standard InChI is InChI=1S/C29H30N6O/c1-5-27(36)32-25-15-22(12-13-26(25)35-17-23(18-35)34(3)4)31-29-30-16-21-10-7-11-24(28(21)33-29)20-9-6-8-19(2)14-20/h5-16,23H,1,17-18H2,2-4H3,(H,32,36)(H,30,31,33). The summed E-state index contributed by atoms with van der Waals surface area (Å²) >= 11 is 0. The molecule has 1 aliphatic heterocycles. The van der Waals surface area contributed by atoms with Gasteiger partial charge in [0.2, 0.25) is 11.9 Å². The highest BCUT2D eigenvalue weighted by molar-refractivity contribution is 6.02. The third-order valence-electron chi connectivity index (χ3n) is 6.57. The van der Waals surface area contributed by atoms with E-state index in [1.165, 1.54) is 11.6 Å². The third-order valence-corrected chi connectivity index (χ3v) is 6.57. The highest BCUT2D eigenvalue weighted by Crippen LogP contribution is 2.34. The minimum absolute atomic E-state index is 0.247. The maximum absolute atomic E-state index is 12.1. The van der Waals surface area contributed by atoms with Gasteiger partial charge in [0.15, 0.2) is 0 Å². The van der Waals surface area contributed by atoms with Gasteiger partial charge in [0, 0.05) is 42.0 Å². The van der Waals surface area contributed by atoms with E-state index in [1.54, 1.807) is 0 Å². The predicted octanol–water partition coefficient (Wildman–Crippen LogP) is 5.22. The van der Waals surface area contributed by atoms with Gasteiger partial charge in [-0.3, -0.25) is 4.79 Å². The van der Waals surface area contributed by atoms with Gasteiger partial charge in [-0.1, -0.05) is 54.6 Å². The van der Waals surface area contributed by atoms with Gasteiger partial charge in [-0.25, -0.2) is 9.97 Å². The van der Waals surface area contributed by atoms with E-state index in [4.69, 9.17) is 4.98 Å². The normalized spacial score (nSPS) is 13.5. The molecule has 0 atom stereocenters. The number of nitrogens with zero attached hydrogens (tertiary/aromatic N) is 4. The molecule has 3 aromatic carbocycles. The lowest BCUT2D eigenvalue weighted by molar-refractivity contribution is -0.111. The molecular weight excluding hydrogens is 448 g/mol. The highest BCUT2D eigenvalue weighted by atomic mass is 16.1. The average molecular weight is 479 g/mol. The minimum atomic E-state index is -0.247. The fraction of sp³-hybridized carbons (Fsp3) is 0.207. The van der Waals surface area contributed by atoms with E-state index in [-0.39, 0.29) is 5.91 Å². The van der Waals surface area contributed by atoms with Gasteiger partial charge >= 0.3 is 0 Å². The maximum atomic E-state index is 12.1. The van der Waals surface area contributed by atoms with Gasteiger partial charge in [-0.05, 0) is 50.9 Å². The van der Waals surface area contributed by atoms with Crippen LogP contribution in [0.2, 0.25) is 0 Å². The number of fused-ring (bicyclic) bond motifs is 1. The van der Waals surface area contributed by atoms with Crippen LogP contribution < -0.4 is 15.5 Å². The van der Waals surface area contributed by atoms with Gasteiger partial charge in [-0.2, -0.15) is 0 Å². The fourth-order valence-corrected chi connectivity index (χ4v) is 4.44. The number of carbonyl (C=O) groups is 1. The molecule has 1 amide bonds. The number of carbonyl (C=O) groups excluding carboxylic acids is 1. The zero-order valence-electron chi connectivity index (χ0n) is 20.8. The SMILES string of the molecule is C=CC(=O)Nc1cc(Nc2ncc3cccc(-c4cccc(C)c4)c3n2)ccc1N1CC(N(C)C)C1. The van der Waals surface area contributed by atoms with E-state index in [9.17, 15) is 4.79 Å². The van der Waals surface area contributed by atoms with Crippen LogP contribution in [-0.2, 0) is 4.79 Å². The Labute approximate surface area is 211 Å². The Morgan fingerprint density at radius 1 is 1.11 bits per heavy atom. The monoisotopic (exact) mass is 478 g/mol. The second kappa shape index (κ2) is 9.79. The molecule has 7 nitrogen and oxygen atoms in total. The molecule has 7 heteroatoms. The number of hydrogen-bond donors (Lipinski definition) is 2. The Morgan fingerprint density at radius 3 is 2.67 bits per heavy atom. The molecule has 1 aliphatic rings. The Bertz CT molecular complexity index is 1440. The molecule has 2 heterocycles. The van der Waals surface area contributed by atoms with Crippen LogP contribution in [0.1, 0.15) is 5.56 Å². The van der Waals surface area contributed by atoms with Gasteiger partial charge < -0.3 is 20.4 Å². The smallest absolute Gasteiger partial charge is 0.247 e. The zero-order valence-corrected chi connectivity index (χ0v) is 20.8. The molecule has 0 spiro atoms. The first-order valence-corrected chi connectivity index (χ1v) is 12.0. The lowest BCUT2D eigenvalue weighted by Crippen LogP contribution is -2.57. The summed E-state index contributed by atoms with van der Waals surface area (Å²) in [5, 5.41) is 7.25. The molecule has 0 unspecified atom stereocenters. The van der Waals surface area contributed by atoms with Crippen molar-refractivity contribution in [2.45, 2.75) is 13.0 Å². The van der Waals surface area contributed by atoms with Crippen LogP contribution in [0.4, 0.5) is 23.0 Å². The molecule has 0 saturated carbocycles. The van der Waals surface area contributed by atoms with Crippen LogP contribution in [0, 0.1) is 6.92 Å². The topological polar surface area (TPSA) is 73.4 Å². The van der Waals surface area contributed by atoms with E-state index < -0.39 is 0 Å². The third kappa shape index (κ3) is 4.78. The summed E-state index contributed by atoms with van der Waals surface area (Å²) in [6.07, 6.45) is 3.11. The number of amides is 1. The number of aryl methyl sites for hydroxylation is 1. The molecule has 1 aromatic heterocycles. The van der Waals surface area contributed by atoms with Crippen molar-refractivity contribution in [2.75, 3.05) is 42.7 Å². The molecule has 5 rings (SSSR count). The second-order valence-electron chi connectivity index (χ2n) is 9.38. The molecule has 1 fully saturated rings. The molecular formula is C29H30N6O. The van der Waals surface area contributed by atoms with Gasteiger partial charge in [0.05, 0.1) is 16.9 Å². The van der Waals surface area contributed by atoms with Crippen LogP contribution in [0.15, 0.2) is 79.5 Å². The van der Waals surface area contributed by atoms with Crippen LogP contribution >= 0.6 is 0 Å². The summed E-state index contributed by atoms with van der Waals surface area (Å²) in [7, 11) is 4.17. The Morgan fingerprint density at radius 2 is 1.92 bits per heavy atom. The van der Waals surface area contributed by atoms with E-state index in [1.807, 2.05) is 36.5 Å². The van der Waals surface area contributed by atoms with E-state index in [0.717, 1.165) is 52.2 Å². The largest absolute Gasteiger partial charge is 0.367 e. The zero-order chi connectivity index (χ0) is 25.2. The summed E-state index contributed by atoms with van der Waals surface area (Å²) in [5.41, 5.74) is 6.75. The summed E-state index contributed by atoms with van der Waals surface area (Å²) in [6, 6.07) is 21.0. The van der Waals surface area contributed by atoms with Crippen LogP contribution in [-0.4, -0.2) is 54.0 Å². The Kier molecular flexibility index (Phi) is 6.40. The van der Waals surface area contributed by atoms with Crippen molar-refractivity contribution in [3.63, 3.8) is 0 Å². The number of aromatic nitrogens is 2. The molecule has 0 bridgehead atoms. The van der Waals surface area contributed by atoms with E-state index in [0.29, 0.717) is 12.0 Å². The molecule has 182 valence electrons. The van der Waals surface area contributed by atoms with Crippen molar-refractivity contribution < 1.29 is 4.79 Å². The maximum Gasteiger partial charge on any atom is 0.247 e. The van der Waals surface area contributed by atoms with Crippen molar-refractivity contribution in [1.29, 1.82) is 0 Å². The minimum Gasteiger partial charge on any atom is -0.367 e. The molecule has 4 aromatic rings. The van der Waals surface area contributed by atoms with Crippen molar-refractivity contribution in [1.82, 2.24) is 14.9 Å². The lowest BCUT2D eigenvalue weighted by Gasteiger charge is -2.45. The molecule has 2 N–H and O–H groups in total. The molecule has 36 heavy (non-hydrogen) atoms. The molecule has 0 aliphatic carbocycles. The van der Waals surface area contributed by atoms with Crippen LogP contribution in [0.3, 0.4) is 0 Å². The number of rotatable bonds is 7. The Balaban J connectivity index is 1.46. The summed E-state index contributed by atoms with van der Waals surface area (Å²) < 4.78 is 0. The Hall–Kier alpha value is -4.23. The first kappa shape index (κ1) is 23.5. The summed E-state index contributed by atoms with van der Waals surface area (Å²) in [6.45, 7) is 7.50. The molecule has 1 saturated heterocycles. The van der Waals surface area contributed by atoms with Crippen molar-refractivity contribution >= 4 is 39.8 Å². The van der Waals surface area contributed by atoms with Gasteiger partial charge in [0.25, 0.3) is 0 Å². The first-order valence-electron chi connectivity index (χ1n) is 12.0. The van der Waals surface area contributed by atoms with Crippen molar-refractivity contribution in [3.05, 3.63) is 85.1 Å². The van der Waals surface area contributed by atoms with Gasteiger partial charge in [0.1, 0.15) is 0 Å². The second-order valence-corrected chi connectivity index (χ2v) is 9.38. The predicted molar refractivity (Wildman–Crippen MR) is 148 cm³/mol. The van der Waals surface area contributed by atoms with Crippen molar-refractivity contribution in [3.8, 4) is 11.1 Å². The molecule has 0 radical (unpaired) electrons. The highest BCUT2D eigenvalue weighted by Gasteiger charge is 2.30. The van der Waals surface area contributed by atoms with E-state index in [2.05, 4.69) is 83.3 Å². The van der Waals surface area contributed by atoms with Crippen LogP contribution in [0.25, 0.3) is 22.0 Å². The summed E-state index contributed by atoms with van der Waals surface area (Å²) in [4.78, 5) is 26.0. The fourth-order valence-electron chi connectivity index (χ4n) is 4.44. The average Bonchev–Trinajstić information content (AvgIpc) is 2.83. The number of likely N-dealkylation sites (N-methyl/N-ethyl adjacent to an activating group) is 1. The quantitative estimate of drug-likeness (QED) is 0.355. The van der Waals surface area contributed by atoms with Crippen molar-refractivity contribution in [2.24, 2.45) is 0 Å². The lowest BCUT2D eigenvalue weighted by atomic mass is 10.0. The first-order chi connectivity index (χ1) is 17.4.